The molecule has 0 radical (unpaired) electrons. The lowest BCUT2D eigenvalue weighted by atomic mass is 9.97. The van der Waals surface area contributed by atoms with Gasteiger partial charge < -0.3 is 5.73 Å². The van der Waals surface area contributed by atoms with Crippen LogP contribution in [-0.2, 0) is 26.1 Å². The summed E-state index contributed by atoms with van der Waals surface area (Å²) in [6, 6.07) is 17.4. The maximum Gasteiger partial charge on any atom is 0.0240 e. The first-order chi connectivity index (χ1) is 9.35. The van der Waals surface area contributed by atoms with Crippen LogP contribution in [0.3, 0.4) is 0 Å². The van der Waals surface area contributed by atoms with E-state index in [2.05, 4.69) is 53.4 Å². The maximum absolute atomic E-state index is 5.70. The first-order valence-corrected chi connectivity index (χ1v) is 6.92. The Morgan fingerprint density at radius 3 is 2.50 bits per heavy atom. The zero-order valence-electron chi connectivity index (χ0n) is 11.6. The van der Waals surface area contributed by atoms with Gasteiger partial charge in [-0.05, 0) is 28.7 Å². The highest BCUT2D eigenvalue weighted by molar-refractivity contribution is 5.85. The normalized spacial score (nSPS) is 14.4. The number of nitrogens with zero attached hydrogens (tertiary/aromatic N) is 1. The second kappa shape index (κ2) is 6.89. The third-order valence-corrected chi connectivity index (χ3v) is 3.85. The number of hydrogen-bond donors (Lipinski definition) is 1. The van der Waals surface area contributed by atoms with Crippen molar-refractivity contribution in [2.45, 2.75) is 26.1 Å². The number of halogens is 1. The molecule has 1 aliphatic heterocycles. The largest absolute Gasteiger partial charge is 0.326 e. The highest BCUT2D eigenvalue weighted by Crippen LogP contribution is 2.21. The Bertz CT molecular complexity index is 554. The minimum atomic E-state index is 0. The van der Waals surface area contributed by atoms with Gasteiger partial charge in [0, 0.05) is 26.2 Å². The number of fused-ring (bicyclic) bond motifs is 1. The average molecular weight is 289 g/mol. The molecular formula is C17H21ClN2. The third kappa shape index (κ3) is 3.40. The van der Waals surface area contributed by atoms with Crippen molar-refractivity contribution in [1.29, 1.82) is 0 Å². The zero-order chi connectivity index (χ0) is 13.1. The Morgan fingerprint density at radius 2 is 1.75 bits per heavy atom. The summed E-state index contributed by atoms with van der Waals surface area (Å²) in [6.07, 6.45) is 1.13. The lowest BCUT2D eigenvalue weighted by Gasteiger charge is -2.29. The molecule has 0 bridgehead atoms. The van der Waals surface area contributed by atoms with Gasteiger partial charge in [0.1, 0.15) is 0 Å². The molecule has 2 aromatic carbocycles. The molecule has 0 atom stereocenters. The fraction of sp³-hybridized carbons (Fsp3) is 0.294. The van der Waals surface area contributed by atoms with Gasteiger partial charge in [-0.2, -0.15) is 0 Å². The van der Waals surface area contributed by atoms with Crippen LogP contribution in [0.25, 0.3) is 0 Å². The molecule has 1 aliphatic rings. The molecular weight excluding hydrogens is 268 g/mol. The molecule has 0 aliphatic carbocycles. The van der Waals surface area contributed by atoms with Crippen molar-refractivity contribution in [1.82, 2.24) is 4.90 Å². The van der Waals surface area contributed by atoms with E-state index in [0.29, 0.717) is 6.54 Å². The molecule has 3 rings (SSSR count). The van der Waals surface area contributed by atoms with E-state index < -0.39 is 0 Å². The monoisotopic (exact) mass is 288 g/mol. The summed E-state index contributed by atoms with van der Waals surface area (Å²) >= 11 is 0. The van der Waals surface area contributed by atoms with Crippen LogP contribution >= 0.6 is 12.4 Å². The van der Waals surface area contributed by atoms with Crippen LogP contribution in [0.2, 0.25) is 0 Å². The molecule has 0 unspecified atom stereocenters. The van der Waals surface area contributed by atoms with Gasteiger partial charge in [-0.1, -0.05) is 48.5 Å². The molecule has 20 heavy (non-hydrogen) atoms. The van der Waals surface area contributed by atoms with Crippen LogP contribution < -0.4 is 5.73 Å². The molecule has 2 N–H and O–H groups in total. The Morgan fingerprint density at radius 1 is 0.950 bits per heavy atom. The Labute approximate surface area is 127 Å². The Balaban J connectivity index is 0.00000147. The van der Waals surface area contributed by atoms with Gasteiger partial charge >= 0.3 is 0 Å². The minimum absolute atomic E-state index is 0. The molecule has 0 saturated heterocycles. The van der Waals surface area contributed by atoms with Crippen LogP contribution in [0.4, 0.5) is 0 Å². The van der Waals surface area contributed by atoms with E-state index in [1.807, 2.05) is 0 Å². The van der Waals surface area contributed by atoms with Crippen molar-refractivity contribution in [3.8, 4) is 0 Å². The third-order valence-electron chi connectivity index (χ3n) is 3.85. The SMILES string of the molecule is Cl.NCc1ccc2c(c1)CCN(Cc1ccccc1)C2. The second-order valence-corrected chi connectivity index (χ2v) is 5.25. The van der Waals surface area contributed by atoms with E-state index in [1.54, 1.807) is 0 Å². The predicted octanol–water partition coefficient (Wildman–Crippen LogP) is 3.13. The van der Waals surface area contributed by atoms with Crippen LogP contribution in [0.1, 0.15) is 22.3 Å². The van der Waals surface area contributed by atoms with Gasteiger partial charge in [0.2, 0.25) is 0 Å². The lowest BCUT2D eigenvalue weighted by Crippen LogP contribution is -2.30. The number of hydrogen-bond acceptors (Lipinski definition) is 2. The summed E-state index contributed by atoms with van der Waals surface area (Å²) in [4.78, 5) is 2.51. The van der Waals surface area contributed by atoms with Crippen LogP contribution in [-0.4, -0.2) is 11.4 Å². The quantitative estimate of drug-likeness (QED) is 0.940. The van der Waals surface area contributed by atoms with Crippen molar-refractivity contribution >= 4 is 12.4 Å². The van der Waals surface area contributed by atoms with Gasteiger partial charge in [-0.15, -0.1) is 12.4 Å². The van der Waals surface area contributed by atoms with Crippen LogP contribution in [0.15, 0.2) is 48.5 Å². The number of benzene rings is 2. The fourth-order valence-electron chi connectivity index (χ4n) is 2.77. The summed E-state index contributed by atoms with van der Waals surface area (Å²) in [6.45, 7) is 3.87. The lowest BCUT2D eigenvalue weighted by molar-refractivity contribution is 0.245. The molecule has 3 heteroatoms. The molecule has 0 saturated carbocycles. The predicted molar refractivity (Wildman–Crippen MR) is 85.8 cm³/mol. The molecule has 2 nitrogen and oxygen atoms in total. The topological polar surface area (TPSA) is 29.3 Å². The summed E-state index contributed by atoms with van der Waals surface area (Å²) in [5.41, 5.74) is 11.3. The number of nitrogens with two attached hydrogens (primary N) is 1. The van der Waals surface area contributed by atoms with Crippen LogP contribution in [0.5, 0.6) is 0 Å². The first kappa shape index (κ1) is 15.0. The maximum atomic E-state index is 5.70. The highest BCUT2D eigenvalue weighted by atomic mass is 35.5. The minimum Gasteiger partial charge on any atom is -0.326 e. The standard InChI is InChI=1S/C17H20N2.ClH/c18-11-15-6-7-17-13-19(9-8-16(17)10-15)12-14-4-2-1-3-5-14;/h1-7,10H,8-9,11-13,18H2;1H. The summed E-state index contributed by atoms with van der Waals surface area (Å²) < 4.78 is 0. The molecule has 0 aromatic heterocycles. The van der Waals surface area contributed by atoms with E-state index in [0.717, 1.165) is 26.1 Å². The van der Waals surface area contributed by atoms with Gasteiger partial charge in [-0.3, -0.25) is 4.90 Å². The van der Waals surface area contributed by atoms with Gasteiger partial charge in [0.25, 0.3) is 0 Å². The van der Waals surface area contributed by atoms with E-state index >= 15 is 0 Å². The molecule has 106 valence electrons. The smallest absolute Gasteiger partial charge is 0.0240 e. The molecule has 1 heterocycles. The molecule has 0 amide bonds. The van der Waals surface area contributed by atoms with E-state index in [4.69, 9.17) is 5.73 Å². The Hall–Kier alpha value is -1.35. The van der Waals surface area contributed by atoms with Crippen molar-refractivity contribution < 1.29 is 0 Å². The number of rotatable bonds is 3. The first-order valence-electron chi connectivity index (χ1n) is 6.92. The molecule has 0 spiro atoms. The van der Waals surface area contributed by atoms with Gasteiger partial charge in [0.05, 0.1) is 0 Å². The highest BCUT2D eigenvalue weighted by Gasteiger charge is 2.16. The van der Waals surface area contributed by atoms with E-state index in [-0.39, 0.29) is 12.4 Å². The molecule has 0 fully saturated rings. The van der Waals surface area contributed by atoms with Crippen molar-refractivity contribution in [3.05, 3.63) is 70.8 Å². The van der Waals surface area contributed by atoms with Gasteiger partial charge in [0.15, 0.2) is 0 Å². The van der Waals surface area contributed by atoms with Crippen molar-refractivity contribution in [2.75, 3.05) is 6.54 Å². The fourth-order valence-corrected chi connectivity index (χ4v) is 2.77. The average Bonchev–Trinajstić information content (AvgIpc) is 2.48. The Kier molecular flexibility index (Phi) is 5.18. The van der Waals surface area contributed by atoms with Crippen LogP contribution in [0, 0.1) is 0 Å². The summed E-state index contributed by atoms with van der Waals surface area (Å²) in [5, 5.41) is 0. The van der Waals surface area contributed by atoms with E-state index in [9.17, 15) is 0 Å². The zero-order valence-corrected chi connectivity index (χ0v) is 12.4. The summed E-state index contributed by atoms with van der Waals surface area (Å²) in [7, 11) is 0. The summed E-state index contributed by atoms with van der Waals surface area (Å²) in [5.74, 6) is 0. The van der Waals surface area contributed by atoms with E-state index in [1.165, 1.54) is 22.3 Å². The van der Waals surface area contributed by atoms with Gasteiger partial charge in [-0.25, -0.2) is 0 Å². The van der Waals surface area contributed by atoms with Crippen molar-refractivity contribution in [2.24, 2.45) is 5.73 Å². The van der Waals surface area contributed by atoms with Crippen molar-refractivity contribution in [3.63, 3.8) is 0 Å². The molecule has 2 aromatic rings. The second-order valence-electron chi connectivity index (χ2n) is 5.25.